The third-order valence-corrected chi connectivity index (χ3v) is 7.49. The molecule has 1 N–H and O–H groups in total. The number of hydrogen-bond acceptors (Lipinski definition) is 6. The molecular weight excluding hydrogens is 428 g/mol. The molecule has 0 saturated carbocycles. The Kier molecular flexibility index (Phi) is 6.25. The number of nitrogens with zero attached hydrogens (tertiary/aromatic N) is 3. The van der Waals surface area contributed by atoms with Crippen LogP contribution in [0.5, 0.6) is 0 Å². The number of thioether (sulfide) groups is 1. The van der Waals surface area contributed by atoms with Gasteiger partial charge in [-0.3, -0.25) is 14.2 Å². The highest BCUT2D eigenvalue weighted by Crippen LogP contribution is 2.39. The number of aromatic nitrogens is 2. The standard InChI is InChI=1S/C23H22N4O2S2/c1-3-10-27-22(29)16-6-4-5-7-18(16)25-23(27)30-13-20(28)26-21-17(12-24)15-9-8-14(2)11-19(15)31-21/h3-7,14H,1,8-11,13H2,2H3,(H,26,28)/t14-/m0/s1. The minimum absolute atomic E-state index is 0.0890. The van der Waals surface area contributed by atoms with E-state index in [9.17, 15) is 14.9 Å². The lowest BCUT2D eigenvalue weighted by Gasteiger charge is -2.17. The maximum absolute atomic E-state index is 12.8. The monoisotopic (exact) mass is 450 g/mol. The molecule has 0 aliphatic heterocycles. The van der Waals surface area contributed by atoms with Crippen LogP contribution in [-0.4, -0.2) is 21.2 Å². The second kappa shape index (κ2) is 9.08. The van der Waals surface area contributed by atoms with Crippen LogP contribution in [0, 0.1) is 17.2 Å². The van der Waals surface area contributed by atoms with E-state index >= 15 is 0 Å². The molecule has 1 atom stereocenters. The Labute approximate surface area is 188 Å². The van der Waals surface area contributed by atoms with Gasteiger partial charge < -0.3 is 5.32 Å². The maximum Gasteiger partial charge on any atom is 0.262 e. The maximum atomic E-state index is 12.8. The molecule has 0 saturated heterocycles. The van der Waals surface area contributed by atoms with E-state index < -0.39 is 0 Å². The number of anilines is 1. The first-order valence-corrected chi connectivity index (χ1v) is 11.9. The summed E-state index contributed by atoms with van der Waals surface area (Å²) in [6.45, 7) is 6.25. The number of rotatable bonds is 6. The fourth-order valence-corrected chi connectivity index (χ4v) is 5.98. The molecule has 0 fully saturated rings. The van der Waals surface area contributed by atoms with Gasteiger partial charge in [-0.05, 0) is 42.9 Å². The SMILES string of the molecule is C=CCn1c(SCC(=O)Nc2sc3c(c2C#N)CC[C@H](C)C3)nc2ccccc2c1=O. The molecule has 8 heteroatoms. The molecule has 1 aliphatic carbocycles. The second-order valence-corrected chi connectivity index (χ2v) is 9.67. The van der Waals surface area contributed by atoms with Crippen molar-refractivity contribution in [3.05, 3.63) is 63.3 Å². The van der Waals surface area contributed by atoms with E-state index in [-0.39, 0.29) is 17.2 Å². The highest BCUT2D eigenvalue weighted by atomic mass is 32.2. The van der Waals surface area contributed by atoms with E-state index in [2.05, 4.69) is 29.9 Å². The fraction of sp³-hybridized carbons (Fsp3) is 0.304. The first kappa shape index (κ1) is 21.3. The summed E-state index contributed by atoms with van der Waals surface area (Å²) in [5.41, 5.74) is 2.13. The van der Waals surface area contributed by atoms with Gasteiger partial charge in [-0.1, -0.05) is 36.9 Å². The molecular formula is C23H22N4O2S2. The van der Waals surface area contributed by atoms with Gasteiger partial charge in [0, 0.05) is 11.4 Å². The zero-order chi connectivity index (χ0) is 22.0. The van der Waals surface area contributed by atoms with Crippen molar-refractivity contribution in [2.45, 2.75) is 37.9 Å². The van der Waals surface area contributed by atoms with Crippen molar-refractivity contribution < 1.29 is 4.79 Å². The van der Waals surface area contributed by atoms with Gasteiger partial charge in [0.15, 0.2) is 5.16 Å². The highest BCUT2D eigenvalue weighted by molar-refractivity contribution is 7.99. The second-order valence-electron chi connectivity index (χ2n) is 7.62. The Morgan fingerprint density at radius 2 is 2.29 bits per heavy atom. The molecule has 2 aromatic heterocycles. The van der Waals surface area contributed by atoms with Crippen molar-refractivity contribution in [2.24, 2.45) is 5.92 Å². The molecule has 1 aromatic carbocycles. The predicted molar refractivity (Wildman–Crippen MR) is 126 cm³/mol. The lowest BCUT2D eigenvalue weighted by Crippen LogP contribution is -2.23. The Morgan fingerprint density at radius 3 is 3.06 bits per heavy atom. The number of carbonyl (C=O) groups excluding carboxylic acids is 1. The zero-order valence-corrected chi connectivity index (χ0v) is 18.8. The summed E-state index contributed by atoms with van der Waals surface area (Å²) >= 11 is 2.71. The predicted octanol–water partition coefficient (Wildman–Crippen LogP) is 4.37. The number of allylic oxidation sites excluding steroid dienone is 1. The average Bonchev–Trinajstić information content (AvgIpc) is 3.10. The molecule has 31 heavy (non-hydrogen) atoms. The Bertz CT molecular complexity index is 1270. The van der Waals surface area contributed by atoms with Crippen molar-refractivity contribution in [1.29, 1.82) is 5.26 Å². The molecule has 6 nitrogen and oxygen atoms in total. The average molecular weight is 451 g/mol. The Hall–Kier alpha value is -2.89. The summed E-state index contributed by atoms with van der Waals surface area (Å²) in [7, 11) is 0. The van der Waals surface area contributed by atoms with Crippen LogP contribution >= 0.6 is 23.1 Å². The van der Waals surface area contributed by atoms with Crippen molar-refractivity contribution in [1.82, 2.24) is 9.55 Å². The third-order valence-electron chi connectivity index (χ3n) is 5.35. The molecule has 0 bridgehead atoms. The van der Waals surface area contributed by atoms with Gasteiger partial charge in [-0.15, -0.1) is 17.9 Å². The lowest BCUT2D eigenvalue weighted by molar-refractivity contribution is -0.113. The molecule has 4 rings (SSSR count). The van der Waals surface area contributed by atoms with Gasteiger partial charge in [0.25, 0.3) is 5.56 Å². The van der Waals surface area contributed by atoms with Crippen LogP contribution in [-0.2, 0) is 24.2 Å². The fourth-order valence-electron chi connectivity index (χ4n) is 3.80. The summed E-state index contributed by atoms with van der Waals surface area (Å²) < 4.78 is 1.53. The van der Waals surface area contributed by atoms with Gasteiger partial charge in [0.05, 0.1) is 22.2 Å². The normalized spacial score (nSPS) is 15.3. The number of para-hydroxylation sites is 1. The van der Waals surface area contributed by atoms with E-state index in [1.807, 2.05) is 6.07 Å². The number of nitriles is 1. The Balaban J connectivity index is 1.54. The number of amides is 1. The molecule has 0 spiro atoms. The number of hydrogen-bond donors (Lipinski definition) is 1. The summed E-state index contributed by atoms with van der Waals surface area (Å²) in [6, 6.07) is 9.44. The van der Waals surface area contributed by atoms with Crippen molar-refractivity contribution >= 4 is 44.9 Å². The van der Waals surface area contributed by atoms with Crippen LogP contribution in [0.2, 0.25) is 0 Å². The van der Waals surface area contributed by atoms with Gasteiger partial charge >= 0.3 is 0 Å². The smallest absolute Gasteiger partial charge is 0.262 e. The Morgan fingerprint density at radius 1 is 1.48 bits per heavy atom. The van der Waals surface area contributed by atoms with Crippen molar-refractivity contribution in [3.8, 4) is 6.07 Å². The van der Waals surface area contributed by atoms with Crippen LogP contribution in [0.4, 0.5) is 5.00 Å². The molecule has 1 amide bonds. The first-order valence-electron chi connectivity index (χ1n) is 10.1. The summed E-state index contributed by atoms with van der Waals surface area (Å²) in [4.78, 5) is 31.3. The molecule has 158 valence electrons. The molecule has 3 aromatic rings. The summed E-state index contributed by atoms with van der Waals surface area (Å²) in [5.74, 6) is 0.462. The van der Waals surface area contributed by atoms with E-state index in [4.69, 9.17) is 0 Å². The van der Waals surface area contributed by atoms with Crippen molar-refractivity contribution in [2.75, 3.05) is 11.1 Å². The van der Waals surface area contributed by atoms with Crippen LogP contribution in [0.1, 0.15) is 29.3 Å². The topological polar surface area (TPSA) is 87.8 Å². The molecule has 2 heterocycles. The number of fused-ring (bicyclic) bond motifs is 2. The van der Waals surface area contributed by atoms with Crippen LogP contribution in [0.15, 0.2) is 46.9 Å². The number of carbonyl (C=O) groups is 1. The zero-order valence-electron chi connectivity index (χ0n) is 17.2. The molecule has 1 aliphatic rings. The number of thiophene rings is 1. The summed E-state index contributed by atoms with van der Waals surface area (Å²) in [5, 5.41) is 14.2. The largest absolute Gasteiger partial charge is 0.316 e. The number of nitrogens with one attached hydrogen (secondary N) is 1. The molecule has 0 unspecified atom stereocenters. The highest BCUT2D eigenvalue weighted by Gasteiger charge is 2.24. The van der Waals surface area contributed by atoms with E-state index in [1.54, 1.807) is 24.3 Å². The minimum atomic E-state index is -0.222. The van der Waals surface area contributed by atoms with Crippen LogP contribution in [0.25, 0.3) is 10.9 Å². The van der Waals surface area contributed by atoms with E-state index in [1.165, 1.54) is 32.5 Å². The number of benzene rings is 1. The van der Waals surface area contributed by atoms with Gasteiger partial charge in [0.1, 0.15) is 11.1 Å². The van der Waals surface area contributed by atoms with Gasteiger partial charge in [-0.25, -0.2) is 4.98 Å². The minimum Gasteiger partial charge on any atom is -0.316 e. The summed E-state index contributed by atoms with van der Waals surface area (Å²) in [6.07, 6.45) is 4.54. The van der Waals surface area contributed by atoms with Crippen LogP contribution in [0.3, 0.4) is 0 Å². The van der Waals surface area contributed by atoms with E-state index in [0.29, 0.717) is 39.1 Å². The third kappa shape index (κ3) is 4.29. The van der Waals surface area contributed by atoms with Crippen molar-refractivity contribution in [3.63, 3.8) is 0 Å². The molecule has 0 radical (unpaired) electrons. The quantitative estimate of drug-likeness (QED) is 0.342. The van der Waals surface area contributed by atoms with Gasteiger partial charge in [-0.2, -0.15) is 5.26 Å². The van der Waals surface area contributed by atoms with Crippen LogP contribution < -0.4 is 10.9 Å². The van der Waals surface area contributed by atoms with E-state index in [0.717, 1.165) is 24.8 Å². The van der Waals surface area contributed by atoms with Gasteiger partial charge in [0.2, 0.25) is 5.91 Å². The lowest BCUT2D eigenvalue weighted by atomic mass is 9.89. The first-order chi connectivity index (χ1) is 15.0.